The number of benzene rings is 1. The maximum Gasteiger partial charge on any atom is 0.210 e. The quantitative estimate of drug-likeness (QED) is 0.233. The van der Waals surface area contributed by atoms with Crippen LogP contribution in [0.2, 0.25) is 0 Å². The van der Waals surface area contributed by atoms with Crippen molar-refractivity contribution in [1.29, 1.82) is 0 Å². The summed E-state index contributed by atoms with van der Waals surface area (Å²) in [6.07, 6.45) is 5.81. The molecule has 0 heterocycles. The van der Waals surface area contributed by atoms with Gasteiger partial charge in [-0.05, 0) is 37.0 Å². The molecule has 19 heavy (non-hydrogen) atoms. The van der Waals surface area contributed by atoms with Crippen LogP contribution in [0.1, 0.15) is 45.1 Å². The van der Waals surface area contributed by atoms with E-state index in [1.807, 2.05) is 0 Å². The molecule has 0 amide bonds. The molecule has 1 rings (SSSR count). The van der Waals surface area contributed by atoms with Crippen molar-refractivity contribution < 1.29 is 0 Å². The third-order valence-electron chi connectivity index (χ3n) is 2.95. The molecule has 0 spiro atoms. The predicted molar refractivity (Wildman–Crippen MR) is 83.2 cm³/mol. The van der Waals surface area contributed by atoms with Crippen molar-refractivity contribution in [1.82, 2.24) is 5.43 Å². The Morgan fingerprint density at radius 1 is 1.11 bits per heavy atom. The lowest BCUT2D eigenvalue weighted by Crippen LogP contribution is -2.36. The van der Waals surface area contributed by atoms with Gasteiger partial charge in [0.2, 0.25) is 5.96 Å². The highest BCUT2D eigenvalue weighted by Crippen LogP contribution is 2.11. The van der Waals surface area contributed by atoms with E-state index in [1.54, 1.807) is 0 Å². The van der Waals surface area contributed by atoms with Crippen molar-refractivity contribution in [2.24, 2.45) is 10.8 Å². The van der Waals surface area contributed by atoms with Crippen LogP contribution in [0.15, 0.2) is 29.3 Å². The molecular formula is C15H26N4. The molecule has 0 aliphatic carbocycles. The lowest BCUT2D eigenvalue weighted by Gasteiger charge is -2.09. The number of hydrogen-bond donors (Lipinski definition) is 3. The summed E-state index contributed by atoms with van der Waals surface area (Å²) in [5, 5.41) is 3.18. The lowest BCUT2D eigenvalue weighted by atomic mass is 10.1. The zero-order valence-corrected chi connectivity index (χ0v) is 12.1. The van der Waals surface area contributed by atoms with Crippen LogP contribution in [0.3, 0.4) is 0 Å². The monoisotopic (exact) mass is 262 g/mol. The number of nitrogens with two attached hydrogens (primary N) is 1. The molecule has 0 unspecified atom stereocenters. The van der Waals surface area contributed by atoms with Gasteiger partial charge in [0.25, 0.3) is 0 Å². The van der Waals surface area contributed by atoms with Gasteiger partial charge in [-0.1, -0.05) is 38.8 Å². The highest BCUT2D eigenvalue weighted by Gasteiger charge is 1.98. The summed E-state index contributed by atoms with van der Waals surface area (Å²) < 4.78 is 0. The van der Waals surface area contributed by atoms with Crippen LogP contribution < -0.4 is 16.6 Å². The van der Waals surface area contributed by atoms with Crippen molar-refractivity contribution in [2.75, 3.05) is 11.9 Å². The van der Waals surface area contributed by atoms with Gasteiger partial charge in [-0.25, -0.2) is 5.84 Å². The van der Waals surface area contributed by atoms with Gasteiger partial charge in [0.15, 0.2) is 0 Å². The molecule has 0 aromatic heterocycles. The minimum Gasteiger partial charge on any atom is -0.325 e. The molecular weight excluding hydrogens is 236 g/mol. The molecule has 0 aliphatic rings. The predicted octanol–water partition coefficient (Wildman–Crippen LogP) is 3.06. The zero-order valence-electron chi connectivity index (χ0n) is 12.1. The van der Waals surface area contributed by atoms with Crippen LogP contribution in [-0.2, 0) is 6.42 Å². The van der Waals surface area contributed by atoms with Gasteiger partial charge in [-0.3, -0.25) is 10.4 Å². The Hall–Kier alpha value is -1.55. The summed E-state index contributed by atoms with van der Waals surface area (Å²) >= 11 is 0. The fourth-order valence-corrected chi connectivity index (χ4v) is 1.74. The van der Waals surface area contributed by atoms with Crippen molar-refractivity contribution in [3.05, 3.63) is 29.8 Å². The van der Waals surface area contributed by atoms with Crippen LogP contribution in [0.4, 0.5) is 5.69 Å². The molecule has 0 saturated heterocycles. The minimum absolute atomic E-state index is 0.620. The number of rotatable bonds is 7. The second-order valence-corrected chi connectivity index (χ2v) is 4.65. The first-order valence-corrected chi connectivity index (χ1v) is 7.17. The Morgan fingerprint density at radius 2 is 1.79 bits per heavy atom. The number of guanidine groups is 1. The van der Waals surface area contributed by atoms with Gasteiger partial charge >= 0.3 is 0 Å². The molecule has 1 aromatic carbocycles. The number of aliphatic imine (C=N–C) groups is 1. The van der Waals surface area contributed by atoms with Crippen LogP contribution in [0, 0.1) is 0 Å². The van der Waals surface area contributed by atoms with E-state index >= 15 is 0 Å². The summed E-state index contributed by atoms with van der Waals surface area (Å²) in [5.74, 6) is 6.08. The van der Waals surface area contributed by atoms with E-state index < -0.39 is 0 Å². The summed E-state index contributed by atoms with van der Waals surface area (Å²) in [4.78, 5) is 4.37. The number of nitrogens with one attached hydrogen (secondary N) is 2. The van der Waals surface area contributed by atoms with Crippen molar-refractivity contribution >= 4 is 11.6 Å². The van der Waals surface area contributed by atoms with Gasteiger partial charge in [-0.2, -0.15) is 0 Å². The van der Waals surface area contributed by atoms with E-state index in [9.17, 15) is 0 Å². The van der Waals surface area contributed by atoms with Crippen LogP contribution >= 0.6 is 0 Å². The average molecular weight is 262 g/mol. The van der Waals surface area contributed by atoms with Gasteiger partial charge in [-0.15, -0.1) is 0 Å². The molecule has 1 aromatic rings. The number of anilines is 1. The Balaban J connectivity index is 2.52. The second-order valence-electron chi connectivity index (χ2n) is 4.65. The van der Waals surface area contributed by atoms with Gasteiger partial charge in [0.05, 0.1) is 0 Å². The summed E-state index contributed by atoms with van der Waals surface area (Å²) in [5.41, 5.74) is 4.98. The van der Waals surface area contributed by atoms with Gasteiger partial charge in [0, 0.05) is 12.2 Å². The van der Waals surface area contributed by atoms with Crippen LogP contribution in [-0.4, -0.2) is 12.5 Å². The number of aryl methyl sites for hydroxylation is 1. The molecule has 4 nitrogen and oxygen atoms in total. The highest BCUT2D eigenvalue weighted by molar-refractivity contribution is 5.93. The maximum absolute atomic E-state index is 5.46. The largest absolute Gasteiger partial charge is 0.325 e. The van der Waals surface area contributed by atoms with Crippen LogP contribution in [0.5, 0.6) is 0 Å². The normalized spacial score (nSPS) is 11.4. The average Bonchev–Trinajstić information content (AvgIpc) is 2.45. The van der Waals surface area contributed by atoms with E-state index in [4.69, 9.17) is 5.84 Å². The van der Waals surface area contributed by atoms with E-state index in [1.165, 1.54) is 18.4 Å². The number of hydrogen-bond acceptors (Lipinski definition) is 2. The van der Waals surface area contributed by atoms with Crippen molar-refractivity contribution in [3.8, 4) is 0 Å². The first-order chi connectivity index (χ1) is 9.30. The summed E-state index contributed by atoms with van der Waals surface area (Å²) in [6.45, 7) is 5.15. The SMILES string of the molecule is CCCCN=C(NN)Nc1ccc(CCCC)cc1. The number of unbranched alkanes of at least 4 members (excludes halogenated alkanes) is 2. The number of nitrogens with zero attached hydrogens (tertiary/aromatic N) is 1. The molecule has 0 atom stereocenters. The third-order valence-corrected chi connectivity index (χ3v) is 2.95. The first kappa shape index (κ1) is 15.5. The Labute approximate surface area is 116 Å². The zero-order chi connectivity index (χ0) is 13.9. The molecule has 0 saturated carbocycles. The second kappa shape index (κ2) is 9.39. The maximum atomic E-state index is 5.46. The van der Waals surface area contributed by atoms with E-state index in [-0.39, 0.29) is 0 Å². The van der Waals surface area contributed by atoms with Crippen molar-refractivity contribution in [2.45, 2.75) is 46.0 Å². The number of hydrazine groups is 1. The van der Waals surface area contributed by atoms with E-state index in [2.05, 4.69) is 53.8 Å². The standard InChI is InChI=1S/C15H26N4/c1-3-5-7-13-8-10-14(11-9-13)18-15(19-16)17-12-6-4-2/h8-11H,3-7,12,16H2,1-2H3,(H2,17,18,19). The minimum atomic E-state index is 0.620. The molecule has 0 radical (unpaired) electrons. The fraction of sp³-hybridized carbons (Fsp3) is 0.533. The van der Waals surface area contributed by atoms with Gasteiger partial charge < -0.3 is 5.32 Å². The first-order valence-electron chi connectivity index (χ1n) is 7.17. The molecule has 4 N–H and O–H groups in total. The van der Waals surface area contributed by atoms with Crippen molar-refractivity contribution in [3.63, 3.8) is 0 Å². The van der Waals surface area contributed by atoms with Gasteiger partial charge in [0.1, 0.15) is 0 Å². The smallest absolute Gasteiger partial charge is 0.210 e. The third kappa shape index (κ3) is 6.25. The molecule has 106 valence electrons. The topological polar surface area (TPSA) is 62.4 Å². The van der Waals surface area contributed by atoms with E-state index in [0.717, 1.165) is 31.5 Å². The molecule has 4 heteroatoms. The summed E-state index contributed by atoms with van der Waals surface area (Å²) in [7, 11) is 0. The highest BCUT2D eigenvalue weighted by atomic mass is 15.3. The molecule has 0 aliphatic heterocycles. The summed E-state index contributed by atoms with van der Waals surface area (Å²) in [6, 6.07) is 8.44. The molecule has 0 fully saturated rings. The lowest BCUT2D eigenvalue weighted by molar-refractivity contribution is 0.795. The Morgan fingerprint density at radius 3 is 2.37 bits per heavy atom. The Kier molecular flexibility index (Phi) is 7.66. The Bertz CT molecular complexity index is 370. The van der Waals surface area contributed by atoms with Crippen LogP contribution in [0.25, 0.3) is 0 Å². The van der Waals surface area contributed by atoms with E-state index in [0.29, 0.717) is 5.96 Å². The fourth-order valence-electron chi connectivity index (χ4n) is 1.74. The molecule has 0 bridgehead atoms.